The lowest BCUT2D eigenvalue weighted by Gasteiger charge is -2.15. The molecule has 0 aliphatic rings. The highest BCUT2D eigenvalue weighted by Gasteiger charge is 2.09. The molecule has 110 valence electrons. The largest absolute Gasteiger partial charge is 0.376 e. The Balaban J connectivity index is 1.87. The van der Waals surface area contributed by atoms with Gasteiger partial charge in [-0.05, 0) is 43.2 Å². The van der Waals surface area contributed by atoms with Crippen molar-refractivity contribution in [2.75, 3.05) is 11.9 Å². The Bertz CT molecular complexity index is 613. The monoisotopic (exact) mass is 346 g/mol. The molecule has 0 aliphatic carbocycles. The van der Waals surface area contributed by atoms with Gasteiger partial charge in [-0.3, -0.25) is 4.79 Å². The third-order valence-electron chi connectivity index (χ3n) is 3.30. The molecule has 0 heterocycles. The van der Waals surface area contributed by atoms with Gasteiger partial charge in [0.25, 0.3) is 0 Å². The zero-order valence-corrected chi connectivity index (χ0v) is 13.8. The Kier molecular flexibility index (Phi) is 5.39. The fourth-order valence-corrected chi connectivity index (χ4v) is 2.59. The molecule has 2 aromatic carbocycles. The van der Waals surface area contributed by atoms with Crippen LogP contribution in [0.2, 0.25) is 0 Å². The molecule has 4 heteroatoms. The Morgan fingerprint density at radius 3 is 2.57 bits per heavy atom. The fraction of sp³-hybridized carbons (Fsp3) is 0.235. The van der Waals surface area contributed by atoms with Gasteiger partial charge in [-0.25, -0.2) is 0 Å². The van der Waals surface area contributed by atoms with E-state index in [-0.39, 0.29) is 18.5 Å². The van der Waals surface area contributed by atoms with Crippen molar-refractivity contribution in [1.82, 2.24) is 5.32 Å². The van der Waals surface area contributed by atoms with E-state index in [1.165, 1.54) is 0 Å². The highest BCUT2D eigenvalue weighted by molar-refractivity contribution is 9.10. The molecule has 3 nitrogen and oxygen atoms in total. The molecule has 0 spiro atoms. The van der Waals surface area contributed by atoms with Gasteiger partial charge in [0.2, 0.25) is 5.91 Å². The normalized spacial score (nSPS) is 11.8. The van der Waals surface area contributed by atoms with Gasteiger partial charge >= 0.3 is 0 Å². The van der Waals surface area contributed by atoms with Crippen molar-refractivity contribution >= 4 is 27.5 Å². The summed E-state index contributed by atoms with van der Waals surface area (Å²) in [7, 11) is 0. The number of anilines is 1. The summed E-state index contributed by atoms with van der Waals surface area (Å²) >= 11 is 3.43. The van der Waals surface area contributed by atoms with Crippen LogP contribution in [0.4, 0.5) is 5.69 Å². The summed E-state index contributed by atoms with van der Waals surface area (Å²) in [4.78, 5) is 12.0. The predicted molar refractivity (Wildman–Crippen MR) is 90.4 cm³/mol. The number of hydrogen-bond donors (Lipinski definition) is 2. The lowest BCUT2D eigenvalue weighted by molar-refractivity contribution is -0.120. The van der Waals surface area contributed by atoms with E-state index in [9.17, 15) is 4.79 Å². The second kappa shape index (κ2) is 7.27. The molecule has 1 amide bonds. The van der Waals surface area contributed by atoms with Crippen LogP contribution in [0.5, 0.6) is 0 Å². The number of carbonyl (C=O) groups is 1. The Hall–Kier alpha value is -1.81. The van der Waals surface area contributed by atoms with Crippen molar-refractivity contribution in [3.63, 3.8) is 0 Å². The van der Waals surface area contributed by atoms with Crippen LogP contribution in [0.25, 0.3) is 0 Å². The van der Waals surface area contributed by atoms with Crippen LogP contribution in [0.15, 0.2) is 53.0 Å². The van der Waals surface area contributed by atoms with E-state index in [4.69, 9.17) is 0 Å². The Labute approximate surface area is 133 Å². The van der Waals surface area contributed by atoms with Crippen LogP contribution < -0.4 is 10.6 Å². The van der Waals surface area contributed by atoms with Gasteiger partial charge in [0, 0.05) is 10.2 Å². The van der Waals surface area contributed by atoms with Crippen molar-refractivity contribution in [2.45, 2.75) is 19.9 Å². The quantitative estimate of drug-likeness (QED) is 0.857. The Morgan fingerprint density at radius 2 is 1.90 bits per heavy atom. The zero-order chi connectivity index (χ0) is 15.2. The first kappa shape index (κ1) is 15.6. The molecule has 21 heavy (non-hydrogen) atoms. The van der Waals surface area contributed by atoms with Gasteiger partial charge in [-0.15, -0.1) is 0 Å². The van der Waals surface area contributed by atoms with Crippen LogP contribution in [0.1, 0.15) is 24.1 Å². The summed E-state index contributed by atoms with van der Waals surface area (Å²) in [6.07, 6.45) is 0. The molecule has 0 fully saturated rings. The maximum atomic E-state index is 12.0. The van der Waals surface area contributed by atoms with Crippen LogP contribution in [-0.4, -0.2) is 12.5 Å². The number of rotatable bonds is 5. The van der Waals surface area contributed by atoms with E-state index in [0.717, 1.165) is 21.3 Å². The highest BCUT2D eigenvalue weighted by atomic mass is 79.9. The first-order chi connectivity index (χ1) is 10.1. The molecular weight excluding hydrogens is 328 g/mol. The highest BCUT2D eigenvalue weighted by Crippen LogP contribution is 2.19. The number of halogens is 1. The molecule has 2 N–H and O–H groups in total. The lowest BCUT2D eigenvalue weighted by atomic mass is 10.1. The third-order valence-corrected chi connectivity index (χ3v) is 3.80. The summed E-state index contributed by atoms with van der Waals surface area (Å²) in [6.45, 7) is 4.26. The molecule has 1 atom stereocenters. The van der Waals surface area contributed by atoms with E-state index in [1.807, 2.05) is 62.4 Å². The molecule has 0 unspecified atom stereocenters. The average molecular weight is 347 g/mol. The standard InChI is InChI=1S/C17H19BrN2O/c1-12-10-15(18)8-9-16(12)19-11-17(21)20-13(2)14-6-4-3-5-7-14/h3-10,13,19H,11H2,1-2H3,(H,20,21)/t13-/m1/s1. The minimum absolute atomic E-state index is 0.00603. The van der Waals surface area contributed by atoms with Crippen LogP contribution in [0, 0.1) is 6.92 Å². The summed E-state index contributed by atoms with van der Waals surface area (Å²) in [6, 6.07) is 15.9. The van der Waals surface area contributed by atoms with Crippen LogP contribution in [0.3, 0.4) is 0 Å². The van der Waals surface area contributed by atoms with E-state index in [2.05, 4.69) is 26.6 Å². The number of hydrogen-bond acceptors (Lipinski definition) is 2. The number of aryl methyl sites for hydroxylation is 1. The van der Waals surface area contributed by atoms with Crippen LogP contribution >= 0.6 is 15.9 Å². The van der Waals surface area contributed by atoms with Crippen molar-refractivity contribution in [3.05, 3.63) is 64.1 Å². The van der Waals surface area contributed by atoms with E-state index < -0.39 is 0 Å². The van der Waals surface area contributed by atoms with Gasteiger partial charge in [-0.2, -0.15) is 0 Å². The first-order valence-corrected chi connectivity index (χ1v) is 7.70. The summed E-state index contributed by atoms with van der Waals surface area (Å²) < 4.78 is 1.03. The minimum Gasteiger partial charge on any atom is -0.376 e. The molecule has 0 aliphatic heterocycles. The topological polar surface area (TPSA) is 41.1 Å². The van der Waals surface area contributed by atoms with Crippen molar-refractivity contribution in [2.24, 2.45) is 0 Å². The van der Waals surface area contributed by atoms with E-state index >= 15 is 0 Å². The molecule has 0 aromatic heterocycles. The molecule has 2 aromatic rings. The van der Waals surface area contributed by atoms with E-state index in [1.54, 1.807) is 0 Å². The van der Waals surface area contributed by atoms with Gasteiger partial charge in [-0.1, -0.05) is 46.3 Å². The lowest BCUT2D eigenvalue weighted by Crippen LogP contribution is -2.32. The molecule has 0 radical (unpaired) electrons. The molecule has 0 bridgehead atoms. The maximum absolute atomic E-state index is 12.0. The fourth-order valence-electron chi connectivity index (χ4n) is 2.12. The van der Waals surface area contributed by atoms with Crippen molar-refractivity contribution in [1.29, 1.82) is 0 Å². The third kappa shape index (κ3) is 4.60. The summed E-state index contributed by atoms with van der Waals surface area (Å²) in [5.41, 5.74) is 3.18. The number of carbonyl (C=O) groups excluding carboxylic acids is 1. The molecule has 0 saturated carbocycles. The van der Waals surface area contributed by atoms with E-state index in [0.29, 0.717) is 0 Å². The SMILES string of the molecule is Cc1cc(Br)ccc1NCC(=O)N[C@H](C)c1ccccc1. The number of amides is 1. The smallest absolute Gasteiger partial charge is 0.239 e. The Morgan fingerprint density at radius 1 is 1.19 bits per heavy atom. The molecule has 0 saturated heterocycles. The van der Waals surface area contributed by atoms with Gasteiger partial charge in [0.1, 0.15) is 0 Å². The summed E-state index contributed by atoms with van der Waals surface area (Å²) in [5, 5.41) is 6.15. The van der Waals surface area contributed by atoms with Crippen LogP contribution in [-0.2, 0) is 4.79 Å². The second-order valence-electron chi connectivity index (χ2n) is 5.01. The second-order valence-corrected chi connectivity index (χ2v) is 5.93. The number of benzene rings is 2. The minimum atomic E-state index is -0.0197. The first-order valence-electron chi connectivity index (χ1n) is 6.90. The van der Waals surface area contributed by atoms with Gasteiger partial charge in [0.05, 0.1) is 12.6 Å². The molecular formula is C17H19BrN2O. The van der Waals surface area contributed by atoms with Crippen molar-refractivity contribution in [3.8, 4) is 0 Å². The predicted octanol–water partition coefficient (Wildman–Crippen LogP) is 4.05. The zero-order valence-electron chi connectivity index (χ0n) is 12.2. The van der Waals surface area contributed by atoms with Gasteiger partial charge < -0.3 is 10.6 Å². The number of nitrogens with one attached hydrogen (secondary N) is 2. The average Bonchev–Trinajstić information content (AvgIpc) is 2.47. The summed E-state index contributed by atoms with van der Waals surface area (Å²) in [5.74, 6) is -0.0197. The maximum Gasteiger partial charge on any atom is 0.239 e. The van der Waals surface area contributed by atoms with Crippen molar-refractivity contribution < 1.29 is 4.79 Å². The van der Waals surface area contributed by atoms with Gasteiger partial charge in [0.15, 0.2) is 0 Å². The molecule has 2 rings (SSSR count).